The zero-order valence-electron chi connectivity index (χ0n) is 14.5. The Hall–Kier alpha value is -2.81. The Balaban J connectivity index is 1.65. The van der Waals surface area contributed by atoms with Crippen LogP contribution >= 0.6 is 0 Å². The normalized spacial score (nSPS) is 15.2. The molecule has 1 aliphatic rings. The van der Waals surface area contributed by atoms with E-state index in [1.54, 1.807) is 30.0 Å². The minimum Gasteiger partial charge on any atom is -0.334 e. The van der Waals surface area contributed by atoms with Gasteiger partial charge in [0.25, 0.3) is 5.91 Å². The molecule has 1 aromatic carbocycles. The van der Waals surface area contributed by atoms with E-state index >= 15 is 0 Å². The number of carbonyl (C=O) groups excluding carboxylic acids is 1. The van der Waals surface area contributed by atoms with Crippen molar-refractivity contribution in [2.75, 3.05) is 26.2 Å². The summed E-state index contributed by atoms with van der Waals surface area (Å²) in [5, 5.41) is 15.2. The van der Waals surface area contributed by atoms with Crippen molar-refractivity contribution in [2.24, 2.45) is 0 Å². The highest BCUT2D eigenvalue weighted by Crippen LogP contribution is 2.20. The van der Waals surface area contributed by atoms with Gasteiger partial charge < -0.3 is 4.90 Å². The Morgan fingerprint density at radius 3 is 2.58 bits per heavy atom. The van der Waals surface area contributed by atoms with Gasteiger partial charge >= 0.3 is 5.69 Å². The molecule has 26 heavy (non-hydrogen) atoms. The molecule has 9 heteroatoms. The maximum Gasteiger partial charge on any atom is 0.320 e. The number of piperazine rings is 1. The van der Waals surface area contributed by atoms with Crippen molar-refractivity contribution in [1.82, 2.24) is 19.6 Å². The molecule has 1 fully saturated rings. The van der Waals surface area contributed by atoms with E-state index in [1.165, 1.54) is 16.9 Å². The van der Waals surface area contributed by atoms with E-state index in [1.807, 2.05) is 0 Å². The first kappa shape index (κ1) is 18.0. The van der Waals surface area contributed by atoms with E-state index < -0.39 is 10.8 Å². The van der Waals surface area contributed by atoms with Gasteiger partial charge in [0.05, 0.1) is 4.92 Å². The fourth-order valence-corrected chi connectivity index (χ4v) is 2.99. The van der Waals surface area contributed by atoms with Gasteiger partial charge in [-0.1, -0.05) is 18.2 Å². The number of rotatable bonds is 5. The minimum absolute atomic E-state index is 0.126. The Morgan fingerprint density at radius 2 is 1.96 bits per heavy atom. The fourth-order valence-electron chi connectivity index (χ4n) is 2.99. The second kappa shape index (κ2) is 7.61. The standard InChI is InChI=1S/C17H20FN5O3/c1-2-22-12-15(23(25)26)16(19-22)17(24)21-9-7-20(8-10-21)11-13-5-3-4-6-14(13)18/h3-6,12H,2,7-11H2,1H3. The highest BCUT2D eigenvalue weighted by atomic mass is 19.1. The van der Waals surface area contributed by atoms with Gasteiger partial charge in [-0.15, -0.1) is 0 Å². The molecular formula is C17H20FN5O3. The van der Waals surface area contributed by atoms with E-state index in [2.05, 4.69) is 10.00 Å². The van der Waals surface area contributed by atoms with Gasteiger partial charge in [-0.3, -0.25) is 24.5 Å². The van der Waals surface area contributed by atoms with Crippen LogP contribution in [0.2, 0.25) is 0 Å². The predicted octanol–water partition coefficient (Wildman–Crippen LogP) is 1.91. The van der Waals surface area contributed by atoms with E-state index in [9.17, 15) is 19.3 Å². The quantitative estimate of drug-likeness (QED) is 0.600. The Kier molecular flexibility index (Phi) is 5.27. The van der Waals surface area contributed by atoms with Crippen molar-refractivity contribution in [3.8, 4) is 0 Å². The number of hydrogen-bond acceptors (Lipinski definition) is 5. The van der Waals surface area contributed by atoms with E-state index in [-0.39, 0.29) is 17.2 Å². The van der Waals surface area contributed by atoms with E-state index in [0.717, 1.165) is 0 Å². The molecule has 0 aliphatic carbocycles. The molecule has 0 bridgehead atoms. The molecule has 0 radical (unpaired) electrons. The van der Waals surface area contributed by atoms with Crippen LogP contribution in [-0.2, 0) is 13.1 Å². The maximum atomic E-state index is 13.8. The summed E-state index contributed by atoms with van der Waals surface area (Å²) in [5.41, 5.74) is 0.217. The molecule has 8 nitrogen and oxygen atoms in total. The van der Waals surface area contributed by atoms with Crippen molar-refractivity contribution < 1.29 is 14.1 Å². The highest BCUT2D eigenvalue weighted by Gasteiger charge is 2.31. The molecule has 3 rings (SSSR count). The van der Waals surface area contributed by atoms with Gasteiger partial charge in [-0.05, 0) is 13.0 Å². The number of aromatic nitrogens is 2. The Morgan fingerprint density at radius 1 is 1.27 bits per heavy atom. The van der Waals surface area contributed by atoms with E-state index in [4.69, 9.17) is 0 Å². The maximum absolute atomic E-state index is 13.8. The molecule has 0 spiro atoms. The first-order valence-electron chi connectivity index (χ1n) is 8.46. The van der Waals surface area contributed by atoms with Crippen molar-refractivity contribution >= 4 is 11.6 Å². The third-order valence-electron chi connectivity index (χ3n) is 4.48. The lowest BCUT2D eigenvalue weighted by Gasteiger charge is -2.34. The summed E-state index contributed by atoms with van der Waals surface area (Å²) in [5.74, 6) is -0.679. The lowest BCUT2D eigenvalue weighted by Crippen LogP contribution is -2.48. The molecule has 0 N–H and O–H groups in total. The molecule has 0 atom stereocenters. The summed E-state index contributed by atoms with van der Waals surface area (Å²) in [7, 11) is 0. The van der Waals surface area contributed by atoms with Gasteiger partial charge in [0.15, 0.2) is 0 Å². The van der Waals surface area contributed by atoms with Crippen LogP contribution < -0.4 is 0 Å². The zero-order valence-corrected chi connectivity index (χ0v) is 14.5. The van der Waals surface area contributed by atoms with Gasteiger partial charge in [0.2, 0.25) is 5.69 Å². The molecule has 1 saturated heterocycles. The molecule has 2 aromatic rings. The minimum atomic E-state index is -0.583. The third-order valence-corrected chi connectivity index (χ3v) is 4.48. The number of nitro groups is 1. The third kappa shape index (κ3) is 3.72. The van der Waals surface area contributed by atoms with Crippen LogP contribution in [0.3, 0.4) is 0 Å². The Labute approximate surface area is 150 Å². The lowest BCUT2D eigenvalue weighted by atomic mass is 10.2. The van der Waals surface area contributed by atoms with Crippen LogP contribution in [0.15, 0.2) is 30.5 Å². The smallest absolute Gasteiger partial charge is 0.320 e. The van der Waals surface area contributed by atoms with Gasteiger partial charge in [-0.2, -0.15) is 5.10 Å². The molecular weight excluding hydrogens is 341 g/mol. The number of amides is 1. The summed E-state index contributed by atoms with van der Waals surface area (Å²) in [6.45, 7) is 4.70. The summed E-state index contributed by atoms with van der Waals surface area (Å²) in [6.07, 6.45) is 1.28. The van der Waals surface area contributed by atoms with Crippen molar-refractivity contribution in [3.63, 3.8) is 0 Å². The van der Waals surface area contributed by atoms with Crippen LogP contribution in [0, 0.1) is 15.9 Å². The van der Waals surface area contributed by atoms with Crippen LogP contribution in [0.4, 0.5) is 10.1 Å². The van der Waals surface area contributed by atoms with E-state index in [0.29, 0.717) is 44.8 Å². The Bertz CT molecular complexity index is 814. The number of benzene rings is 1. The molecule has 1 aliphatic heterocycles. The first-order chi connectivity index (χ1) is 12.5. The summed E-state index contributed by atoms with van der Waals surface area (Å²) in [6, 6.07) is 6.62. The van der Waals surface area contributed by atoms with Gasteiger partial charge in [-0.25, -0.2) is 4.39 Å². The number of carbonyl (C=O) groups is 1. The number of hydrogen-bond donors (Lipinski definition) is 0. The van der Waals surface area contributed by atoms with Crippen molar-refractivity contribution in [3.05, 3.63) is 57.7 Å². The largest absolute Gasteiger partial charge is 0.334 e. The molecule has 138 valence electrons. The van der Waals surface area contributed by atoms with Gasteiger partial charge in [0, 0.05) is 44.8 Å². The van der Waals surface area contributed by atoms with Crippen LogP contribution in [-0.4, -0.2) is 56.6 Å². The van der Waals surface area contributed by atoms with Crippen LogP contribution in [0.25, 0.3) is 0 Å². The molecule has 1 aromatic heterocycles. The lowest BCUT2D eigenvalue weighted by molar-refractivity contribution is -0.385. The summed E-state index contributed by atoms with van der Waals surface area (Å²) in [4.78, 5) is 26.8. The van der Waals surface area contributed by atoms with Crippen molar-refractivity contribution in [2.45, 2.75) is 20.0 Å². The SMILES string of the molecule is CCn1cc([N+](=O)[O-])c(C(=O)N2CCN(Cc3ccccc3F)CC2)n1. The number of aryl methyl sites for hydroxylation is 1. The highest BCUT2D eigenvalue weighted by molar-refractivity contribution is 5.96. The molecule has 1 amide bonds. The second-order valence-electron chi connectivity index (χ2n) is 6.14. The molecule has 0 saturated carbocycles. The predicted molar refractivity (Wildman–Crippen MR) is 92.1 cm³/mol. The molecule has 0 unspecified atom stereocenters. The second-order valence-corrected chi connectivity index (χ2v) is 6.14. The number of halogens is 1. The number of nitrogens with zero attached hydrogens (tertiary/aromatic N) is 5. The average molecular weight is 361 g/mol. The van der Waals surface area contributed by atoms with Crippen LogP contribution in [0.1, 0.15) is 23.0 Å². The molecule has 2 heterocycles. The van der Waals surface area contributed by atoms with Crippen molar-refractivity contribution in [1.29, 1.82) is 0 Å². The monoisotopic (exact) mass is 361 g/mol. The first-order valence-corrected chi connectivity index (χ1v) is 8.46. The average Bonchev–Trinajstić information content (AvgIpc) is 3.08. The topological polar surface area (TPSA) is 84.5 Å². The summed E-state index contributed by atoms with van der Waals surface area (Å²) < 4.78 is 15.1. The van der Waals surface area contributed by atoms with Gasteiger partial charge in [0.1, 0.15) is 12.0 Å². The zero-order chi connectivity index (χ0) is 18.7. The fraction of sp³-hybridized carbons (Fsp3) is 0.412. The summed E-state index contributed by atoms with van der Waals surface area (Å²) >= 11 is 0. The van der Waals surface area contributed by atoms with Crippen LogP contribution in [0.5, 0.6) is 0 Å².